The van der Waals surface area contributed by atoms with Crippen LogP contribution in [0, 0.1) is 0 Å². The molecule has 4 nitrogen and oxygen atoms in total. The van der Waals surface area contributed by atoms with Crippen LogP contribution in [0.1, 0.15) is 13.8 Å². The van der Waals surface area contributed by atoms with Crippen LogP contribution < -0.4 is 5.73 Å². The van der Waals surface area contributed by atoms with Gasteiger partial charge in [-0.15, -0.1) is 6.58 Å². The number of carbonyl (C=O) groups is 1. The SMILES string of the molecule is C=C/C=C(\C=C(/C)OC)OCC(N)=O.C=CC. The Morgan fingerprint density at radius 2 is 1.94 bits per heavy atom. The first-order chi connectivity index (χ1) is 8.01. The first-order valence-corrected chi connectivity index (χ1v) is 5.04. The maximum absolute atomic E-state index is 10.5. The summed E-state index contributed by atoms with van der Waals surface area (Å²) < 4.78 is 10.00. The van der Waals surface area contributed by atoms with Crippen LogP contribution in [0.4, 0.5) is 0 Å². The number of hydrogen-bond donors (Lipinski definition) is 1. The summed E-state index contributed by atoms with van der Waals surface area (Å²) in [6, 6.07) is 0. The molecule has 0 aromatic heterocycles. The summed E-state index contributed by atoms with van der Waals surface area (Å²) in [4.78, 5) is 10.5. The van der Waals surface area contributed by atoms with E-state index in [1.165, 1.54) is 0 Å². The zero-order valence-corrected chi connectivity index (χ0v) is 10.7. The molecular weight excluding hydrogens is 218 g/mol. The van der Waals surface area contributed by atoms with E-state index in [1.54, 1.807) is 38.3 Å². The Bertz CT molecular complexity index is 304. The third-order valence-electron chi connectivity index (χ3n) is 1.33. The highest BCUT2D eigenvalue weighted by molar-refractivity contribution is 5.75. The van der Waals surface area contributed by atoms with Gasteiger partial charge in [0.1, 0.15) is 5.76 Å². The predicted molar refractivity (Wildman–Crippen MR) is 70.1 cm³/mol. The molecule has 0 unspecified atom stereocenters. The van der Waals surface area contributed by atoms with Gasteiger partial charge in [0.25, 0.3) is 5.91 Å². The van der Waals surface area contributed by atoms with Crippen molar-refractivity contribution >= 4 is 5.91 Å². The van der Waals surface area contributed by atoms with Crippen LogP contribution in [0.15, 0.2) is 49.0 Å². The summed E-state index contributed by atoms with van der Waals surface area (Å²) in [5.74, 6) is 0.629. The third kappa shape index (κ3) is 14.0. The number of primary amides is 1. The molecule has 0 aliphatic carbocycles. The number of carbonyl (C=O) groups excluding carboxylic acids is 1. The van der Waals surface area contributed by atoms with Crippen molar-refractivity contribution in [2.75, 3.05) is 13.7 Å². The molecule has 2 N–H and O–H groups in total. The number of ether oxygens (including phenoxy) is 2. The molecule has 0 aliphatic rings. The largest absolute Gasteiger partial charge is 0.501 e. The molecule has 17 heavy (non-hydrogen) atoms. The van der Waals surface area contributed by atoms with E-state index in [9.17, 15) is 4.79 Å². The number of rotatable bonds is 6. The quantitative estimate of drug-likeness (QED) is 0.439. The van der Waals surface area contributed by atoms with Crippen LogP contribution >= 0.6 is 0 Å². The second-order valence-electron chi connectivity index (χ2n) is 2.93. The van der Waals surface area contributed by atoms with Crippen LogP contribution in [-0.2, 0) is 14.3 Å². The van der Waals surface area contributed by atoms with Crippen molar-refractivity contribution in [2.45, 2.75) is 13.8 Å². The minimum atomic E-state index is -0.525. The van der Waals surface area contributed by atoms with Gasteiger partial charge in [0.05, 0.1) is 12.9 Å². The molecule has 0 atom stereocenters. The summed E-state index contributed by atoms with van der Waals surface area (Å²) in [6.45, 7) is 10.4. The molecule has 0 aromatic carbocycles. The van der Waals surface area contributed by atoms with Gasteiger partial charge in [-0.1, -0.05) is 18.7 Å². The Morgan fingerprint density at radius 1 is 1.41 bits per heavy atom. The van der Waals surface area contributed by atoms with Gasteiger partial charge in [0.2, 0.25) is 0 Å². The molecule has 0 spiro atoms. The van der Waals surface area contributed by atoms with Gasteiger partial charge >= 0.3 is 0 Å². The number of methoxy groups -OCH3 is 1. The Hall–Kier alpha value is -1.97. The normalized spacial score (nSPS) is 10.8. The van der Waals surface area contributed by atoms with Crippen LogP contribution in [0.25, 0.3) is 0 Å². The van der Waals surface area contributed by atoms with E-state index in [2.05, 4.69) is 13.2 Å². The van der Waals surface area contributed by atoms with Crippen molar-refractivity contribution in [1.29, 1.82) is 0 Å². The lowest BCUT2D eigenvalue weighted by Gasteiger charge is -2.05. The van der Waals surface area contributed by atoms with Crippen LogP contribution in [0.5, 0.6) is 0 Å². The highest BCUT2D eigenvalue weighted by Crippen LogP contribution is 2.04. The molecule has 0 aliphatic heterocycles. The topological polar surface area (TPSA) is 61.6 Å². The zero-order chi connectivity index (χ0) is 13.7. The summed E-state index contributed by atoms with van der Waals surface area (Å²) in [5, 5.41) is 0. The predicted octanol–water partition coefficient (Wildman–Crippen LogP) is 2.30. The van der Waals surface area contributed by atoms with Gasteiger partial charge < -0.3 is 15.2 Å². The molecule has 0 saturated carbocycles. The highest BCUT2D eigenvalue weighted by Gasteiger charge is 1.98. The summed E-state index contributed by atoms with van der Waals surface area (Å²) in [7, 11) is 1.55. The Balaban J connectivity index is 0. The molecule has 1 amide bonds. The minimum Gasteiger partial charge on any atom is -0.501 e. The van der Waals surface area contributed by atoms with Crippen LogP contribution in [0.2, 0.25) is 0 Å². The van der Waals surface area contributed by atoms with Crippen LogP contribution in [-0.4, -0.2) is 19.6 Å². The smallest absolute Gasteiger partial charge is 0.255 e. The van der Waals surface area contributed by atoms with Crippen molar-refractivity contribution in [3.8, 4) is 0 Å². The maximum Gasteiger partial charge on any atom is 0.255 e. The van der Waals surface area contributed by atoms with Gasteiger partial charge in [-0.2, -0.15) is 0 Å². The van der Waals surface area contributed by atoms with E-state index in [-0.39, 0.29) is 6.61 Å². The Labute approximate surface area is 103 Å². The standard InChI is InChI=1S/C10H15NO3.C3H6/c1-4-5-9(6-8(2)13-3)14-7-10(11)12;1-3-2/h4-6H,1,7H2,2-3H3,(H2,11,12);3H,1H2,2H3/b8-6+,9-5+;. The second kappa shape index (κ2) is 12.1. The van der Waals surface area contributed by atoms with E-state index >= 15 is 0 Å². The lowest BCUT2D eigenvalue weighted by molar-refractivity contribution is -0.121. The number of amides is 1. The molecular formula is C13H21NO3. The van der Waals surface area contributed by atoms with Gasteiger partial charge in [-0.25, -0.2) is 0 Å². The van der Waals surface area contributed by atoms with Crippen molar-refractivity contribution < 1.29 is 14.3 Å². The van der Waals surface area contributed by atoms with Crippen LogP contribution in [0.3, 0.4) is 0 Å². The van der Waals surface area contributed by atoms with Gasteiger partial charge in [0, 0.05) is 6.08 Å². The van der Waals surface area contributed by atoms with E-state index in [0.717, 1.165) is 0 Å². The monoisotopic (exact) mass is 239 g/mol. The molecule has 96 valence electrons. The molecule has 0 saturated heterocycles. The molecule has 0 bridgehead atoms. The lowest BCUT2D eigenvalue weighted by atomic mass is 10.3. The van der Waals surface area contributed by atoms with E-state index in [4.69, 9.17) is 15.2 Å². The Morgan fingerprint density at radius 3 is 2.29 bits per heavy atom. The number of hydrogen-bond acceptors (Lipinski definition) is 3. The average molecular weight is 239 g/mol. The number of nitrogens with two attached hydrogens (primary N) is 1. The van der Waals surface area contributed by atoms with Crippen molar-refractivity contribution in [3.63, 3.8) is 0 Å². The molecule has 0 rings (SSSR count). The van der Waals surface area contributed by atoms with Gasteiger partial charge in [-0.3, -0.25) is 4.79 Å². The molecule has 0 fully saturated rings. The van der Waals surface area contributed by atoms with E-state index in [1.807, 2.05) is 6.92 Å². The van der Waals surface area contributed by atoms with Gasteiger partial charge in [0.15, 0.2) is 6.61 Å². The van der Waals surface area contributed by atoms with E-state index in [0.29, 0.717) is 11.5 Å². The maximum atomic E-state index is 10.5. The fourth-order valence-electron chi connectivity index (χ4n) is 0.668. The first kappa shape index (κ1) is 17.4. The summed E-state index contributed by atoms with van der Waals surface area (Å²) in [6.07, 6.45) is 6.56. The summed E-state index contributed by atoms with van der Waals surface area (Å²) >= 11 is 0. The van der Waals surface area contributed by atoms with Crippen molar-refractivity contribution in [1.82, 2.24) is 0 Å². The van der Waals surface area contributed by atoms with E-state index < -0.39 is 5.91 Å². The van der Waals surface area contributed by atoms with Crippen molar-refractivity contribution in [2.24, 2.45) is 5.73 Å². The van der Waals surface area contributed by atoms with Gasteiger partial charge in [-0.05, 0) is 19.9 Å². The second-order valence-corrected chi connectivity index (χ2v) is 2.93. The fraction of sp³-hybridized carbons (Fsp3) is 0.308. The highest BCUT2D eigenvalue weighted by atomic mass is 16.5. The third-order valence-corrected chi connectivity index (χ3v) is 1.33. The molecule has 0 radical (unpaired) electrons. The fourth-order valence-corrected chi connectivity index (χ4v) is 0.668. The molecule has 0 heterocycles. The zero-order valence-electron chi connectivity index (χ0n) is 10.7. The summed E-state index contributed by atoms with van der Waals surface area (Å²) in [5.41, 5.74) is 4.93. The average Bonchev–Trinajstić information content (AvgIpc) is 2.27. The Kier molecular flexibility index (Phi) is 12.4. The molecule has 4 heteroatoms. The first-order valence-electron chi connectivity index (χ1n) is 5.04. The molecule has 0 aromatic rings. The van der Waals surface area contributed by atoms with Crippen molar-refractivity contribution in [3.05, 3.63) is 49.0 Å². The minimum absolute atomic E-state index is 0.160. The lowest BCUT2D eigenvalue weighted by Crippen LogP contribution is -2.17. The number of allylic oxidation sites excluding steroid dienone is 5.